The number of nitrogens with two attached hydrogens (primary N) is 1. The average molecular weight is 376 g/mol. The van der Waals surface area contributed by atoms with Gasteiger partial charge in [0, 0.05) is 38.9 Å². The highest BCUT2D eigenvalue weighted by molar-refractivity contribution is 5.76. The van der Waals surface area contributed by atoms with Gasteiger partial charge in [-0.25, -0.2) is 4.98 Å². The number of ether oxygens (including phenoxy) is 2. The zero-order valence-electron chi connectivity index (χ0n) is 14.6. The smallest absolute Gasteiger partial charge is 0.418 e. The lowest BCUT2D eigenvalue weighted by atomic mass is 10.2. The molecule has 1 saturated heterocycles. The Hall–Kier alpha value is -2.07. The van der Waals surface area contributed by atoms with E-state index in [-0.39, 0.29) is 18.1 Å². The summed E-state index contributed by atoms with van der Waals surface area (Å²) in [6.45, 7) is 3.00. The molecule has 1 amide bonds. The number of rotatable bonds is 7. The van der Waals surface area contributed by atoms with E-state index in [9.17, 15) is 18.0 Å². The number of methoxy groups -OCH3 is 1. The van der Waals surface area contributed by atoms with Crippen LogP contribution in [0.15, 0.2) is 12.3 Å². The Kier molecular flexibility index (Phi) is 7.04. The maximum Gasteiger partial charge on any atom is 0.418 e. The number of amides is 1. The molecule has 7 nitrogen and oxygen atoms in total. The largest absolute Gasteiger partial charge is 0.493 e. The van der Waals surface area contributed by atoms with Gasteiger partial charge >= 0.3 is 6.18 Å². The van der Waals surface area contributed by atoms with Gasteiger partial charge in [-0.2, -0.15) is 13.2 Å². The molecular formula is C16H23F3N4O3. The first-order chi connectivity index (χ1) is 12.4. The lowest BCUT2D eigenvalue weighted by molar-refractivity contribution is -0.138. The highest BCUT2D eigenvalue weighted by atomic mass is 19.4. The van der Waals surface area contributed by atoms with Gasteiger partial charge in [-0.3, -0.25) is 4.79 Å². The molecule has 1 aromatic rings. The van der Waals surface area contributed by atoms with E-state index in [0.29, 0.717) is 51.8 Å². The van der Waals surface area contributed by atoms with Gasteiger partial charge in [0.1, 0.15) is 0 Å². The summed E-state index contributed by atoms with van der Waals surface area (Å²) in [5.74, 6) is 0.391. The standard InChI is InChI=1S/C16H23F3N4O3/c1-25-13-10-12(16(17,18)19)11-21-15(13)23-6-4-22(5-7-23)14(24)2-8-26-9-3-20/h10-11H,2-9,20H2,1H3. The van der Waals surface area contributed by atoms with Gasteiger partial charge in [0.15, 0.2) is 11.6 Å². The van der Waals surface area contributed by atoms with Crippen molar-refractivity contribution in [2.45, 2.75) is 12.6 Å². The van der Waals surface area contributed by atoms with Crippen molar-refractivity contribution in [3.05, 3.63) is 17.8 Å². The summed E-state index contributed by atoms with van der Waals surface area (Å²) in [4.78, 5) is 19.6. The summed E-state index contributed by atoms with van der Waals surface area (Å²) in [5, 5.41) is 0. The molecule has 1 fully saturated rings. The molecule has 1 aromatic heterocycles. The quantitative estimate of drug-likeness (QED) is 0.719. The Bertz CT molecular complexity index is 605. The number of carbonyl (C=O) groups excluding carboxylic acids is 1. The van der Waals surface area contributed by atoms with Gasteiger partial charge < -0.3 is 25.0 Å². The zero-order chi connectivity index (χ0) is 19.2. The molecular weight excluding hydrogens is 353 g/mol. The topological polar surface area (TPSA) is 80.9 Å². The van der Waals surface area contributed by atoms with E-state index in [1.807, 2.05) is 4.90 Å². The molecule has 0 saturated carbocycles. The van der Waals surface area contributed by atoms with Gasteiger partial charge in [-0.1, -0.05) is 0 Å². The van der Waals surface area contributed by atoms with Crippen molar-refractivity contribution in [2.24, 2.45) is 5.73 Å². The third-order valence-electron chi connectivity index (χ3n) is 4.03. The Balaban J connectivity index is 1.94. The minimum atomic E-state index is -4.48. The zero-order valence-corrected chi connectivity index (χ0v) is 14.6. The van der Waals surface area contributed by atoms with E-state index in [4.69, 9.17) is 15.2 Å². The van der Waals surface area contributed by atoms with Crippen LogP contribution >= 0.6 is 0 Å². The second kappa shape index (κ2) is 9.04. The summed E-state index contributed by atoms with van der Waals surface area (Å²) < 4.78 is 48.7. The fourth-order valence-corrected chi connectivity index (χ4v) is 2.65. The number of piperazine rings is 1. The second-order valence-electron chi connectivity index (χ2n) is 5.77. The monoisotopic (exact) mass is 376 g/mol. The molecule has 2 N–H and O–H groups in total. The molecule has 1 aliphatic heterocycles. The van der Waals surface area contributed by atoms with Crippen molar-refractivity contribution >= 4 is 11.7 Å². The third kappa shape index (κ3) is 5.21. The molecule has 1 aliphatic rings. The average Bonchev–Trinajstić information content (AvgIpc) is 2.64. The highest BCUT2D eigenvalue weighted by Gasteiger charge is 2.33. The molecule has 26 heavy (non-hydrogen) atoms. The van der Waals surface area contributed by atoms with Crippen molar-refractivity contribution in [3.8, 4) is 5.75 Å². The summed E-state index contributed by atoms with van der Waals surface area (Å²) >= 11 is 0. The number of carbonyl (C=O) groups is 1. The first kappa shape index (κ1) is 20.2. The maximum atomic E-state index is 12.8. The van der Waals surface area contributed by atoms with Crippen LogP contribution < -0.4 is 15.4 Å². The number of hydrogen-bond acceptors (Lipinski definition) is 6. The highest BCUT2D eigenvalue weighted by Crippen LogP contribution is 2.35. The number of aromatic nitrogens is 1. The molecule has 0 aliphatic carbocycles. The van der Waals surface area contributed by atoms with E-state index in [0.717, 1.165) is 12.3 Å². The van der Waals surface area contributed by atoms with Gasteiger partial charge in [0.05, 0.1) is 32.3 Å². The number of halogens is 3. The van der Waals surface area contributed by atoms with Crippen LogP contribution in [0.2, 0.25) is 0 Å². The van der Waals surface area contributed by atoms with E-state index >= 15 is 0 Å². The second-order valence-corrected chi connectivity index (χ2v) is 5.77. The van der Waals surface area contributed by atoms with E-state index < -0.39 is 11.7 Å². The first-order valence-electron chi connectivity index (χ1n) is 8.28. The van der Waals surface area contributed by atoms with Crippen LogP contribution in [0.1, 0.15) is 12.0 Å². The summed E-state index contributed by atoms with van der Waals surface area (Å²) in [6.07, 6.45) is -3.40. The fourth-order valence-electron chi connectivity index (χ4n) is 2.65. The van der Waals surface area contributed by atoms with Gasteiger partial charge in [0.2, 0.25) is 5.91 Å². The van der Waals surface area contributed by atoms with Crippen molar-refractivity contribution in [2.75, 3.05) is 57.9 Å². The molecule has 0 aromatic carbocycles. The molecule has 2 rings (SSSR count). The summed E-state index contributed by atoms with van der Waals surface area (Å²) in [6, 6.07) is 0.939. The summed E-state index contributed by atoms with van der Waals surface area (Å²) in [7, 11) is 1.31. The first-order valence-corrected chi connectivity index (χ1v) is 8.28. The van der Waals surface area contributed by atoms with Crippen molar-refractivity contribution in [1.29, 1.82) is 0 Å². The minimum absolute atomic E-state index is 0.0194. The van der Waals surface area contributed by atoms with Crippen molar-refractivity contribution in [1.82, 2.24) is 9.88 Å². The lowest BCUT2D eigenvalue weighted by Crippen LogP contribution is -2.49. The van der Waals surface area contributed by atoms with Crippen molar-refractivity contribution in [3.63, 3.8) is 0 Å². The number of nitrogens with zero attached hydrogens (tertiary/aromatic N) is 3. The van der Waals surface area contributed by atoms with Gasteiger partial charge in [-0.15, -0.1) is 0 Å². The normalized spacial score (nSPS) is 15.3. The Morgan fingerprint density at radius 1 is 1.27 bits per heavy atom. The predicted molar refractivity (Wildman–Crippen MR) is 89.1 cm³/mol. The Labute approximate surface area is 149 Å². The minimum Gasteiger partial charge on any atom is -0.493 e. The van der Waals surface area contributed by atoms with E-state index in [1.54, 1.807) is 4.90 Å². The number of alkyl halides is 3. The fraction of sp³-hybridized carbons (Fsp3) is 0.625. The number of hydrogen-bond donors (Lipinski definition) is 1. The third-order valence-corrected chi connectivity index (χ3v) is 4.03. The van der Waals surface area contributed by atoms with Crippen LogP contribution in [0.3, 0.4) is 0 Å². The molecule has 0 spiro atoms. The molecule has 10 heteroatoms. The van der Waals surface area contributed by atoms with Crippen LogP contribution in [-0.4, -0.2) is 68.8 Å². The maximum absolute atomic E-state index is 12.8. The van der Waals surface area contributed by atoms with Crippen LogP contribution in [0.25, 0.3) is 0 Å². The molecule has 0 bridgehead atoms. The molecule has 146 valence electrons. The summed E-state index contributed by atoms with van der Waals surface area (Å²) in [5.41, 5.74) is 4.45. The van der Waals surface area contributed by atoms with Crippen molar-refractivity contribution < 1.29 is 27.4 Å². The molecule has 0 atom stereocenters. The van der Waals surface area contributed by atoms with Crippen LogP contribution in [0.5, 0.6) is 5.75 Å². The number of pyridine rings is 1. The van der Waals surface area contributed by atoms with E-state index in [1.165, 1.54) is 7.11 Å². The Morgan fingerprint density at radius 2 is 1.96 bits per heavy atom. The van der Waals surface area contributed by atoms with Crippen LogP contribution in [0, 0.1) is 0 Å². The molecule has 0 unspecified atom stereocenters. The Morgan fingerprint density at radius 3 is 2.54 bits per heavy atom. The van der Waals surface area contributed by atoms with Gasteiger partial charge in [-0.05, 0) is 6.07 Å². The lowest BCUT2D eigenvalue weighted by Gasteiger charge is -2.36. The van der Waals surface area contributed by atoms with E-state index in [2.05, 4.69) is 4.98 Å². The van der Waals surface area contributed by atoms with Crippen LogP contribution in [0.4, 0.5) is 19.0 Å². The SMILES string of the molecule is COc1cc(C(F)(F)F)cnc1N1CCN(C(=O)CCOCCN)CC1. The molecule has 2 heterocycles. The predicted octanol–water partition coefficient (Wildman–Crippen LogP) is 1.12. The van der Waals surface area contributed by atoms with Crippen LogP contribution in [-0.2, 0) is 15.7 Å². The number of anilines is 1. The molecule has 0 radical (unpaired) electrons. The van der Waals surface area contributed by atoms with Gasteiger partial charge in [0.25, 0.3) is 0 Å².